The number of sulfonamides is 1. The Kier molecular flexibility index (Phi) is 4.64. The highest BCUT2D eigenvalue weighted by Gasteiger charge is 2.21. The van der Waals surface area contributed by atoms with E-state index in [2.05, 4.69) is 4.72 Å². The molecule has 1 aromatic heterocycles. The summed E-state index contributed by atoms with van der Waals surface area (Å²) in [6, 6.07) is 11.1. The van der Waals surface area contributed by atoms with Gasteiger partial charge in [-0.1, -0.05) is 18.2 Å². The van der Waals surface area contributed by atoms with E-state index in [9.17, 15) is 17.9 Å². The molecule has 0 fully saturated rings. The minimum absolute atomic E-state index is 0.000908. The van der Waals surface area contributed by atoms with Gasteiger partial charge < -0.3 is 9.67 Å². The van der Waals surface area contributed by atoms with Gasteiger partial charge in [-0.25, -0.2) is 17.5 Å². The maximum Gasteiger partial charge on any atom is 0.240 e. The van der Waals surface area contributed by atoms with Crippen molar-refractivity contribution in [1.82, 2.24) is 9.29 Å². The fraction of sp³-hybridized carbons (Fsp3) is 0.222. The van der Waals surface area contributed by atoms with Gasteiger partial charge in [-0.15, -0.1) is 0 Å². The minimum Gasteiger partial charge on any atom is -0.387 e. The molecule has 2 aromatic carbocycles. The summed E-state index contributed by atoms with van der Waals surface area (Å²) in [7, 11) is -1.98. The minimum atomic E-state index is -3.84. The number of aliphatic hydroxyl groups is 1. The Balaban J connectivity index is 1.82. The lowest BCUT2D eigenvalue weighted by Crippen LogP contribution is -2.29. The summed E-state index contributed by atoms with van der Waals surface area (Å²) in [6.07, 6.45) is 0.786. The first kappa shape index (κ1) is 17.6. The molecule has 1 heterocycles. The lowest BCUT2D eigenvalue weighted by Gasteiger charge is -2.13. The molecule has 3 rings (SSSR count). The van der Waals surface area contributed by atoms with E-state index < -0.39 is 21.9 Å². The fourth-order valence-electron chi connectivity index (χ4n) is 2.93. The Bertz CT molecular complexity index is 1030. The SMILES string of the molecule is Cc1cc(F)ccc1S(=O)(=O)NC[C@@H](O)c1cn(C)c2ccccc12. The Hall–Kier alpha value is -2.22. The molecule has 132 valence electrons. The van der Waals surface area contributed by atoms with Crippen LogP contribution in [0.3, 0.4) is 0 Å². The van der Waals surface area contributed by atoms with E-state index in [-0.39, 0.29) is 11.4 Å². The van der Waals surface area contributed by atoms with Crippen molar-refractivity contribution in [3.8, 4) is 0 Å². The highest BCUT2D eigenvalue weighted by atomic mass is 32.2. The number of halogens is 1. The van der Waals surface area contributed by atoms with E-state index in [1.807, 2.05) is 35.9 Å². The molecule has 25 heavy (non-hydrogen) atoms. The molecule has 0 aliphatic heterocycles. The van der Waals surface area contributed by atoms with Crippen molar-refractivity contribution in [3.63, 3.8) is 0 Å². The third-order valence-corrected chi connectivity index (χ3v) is 5.76. The van der Waals surface area contributed by atoms with Gasteiger partial charge in [0.25, 0.3) is 0 Å². The fourth-order valence-corrected chi connectivity index (χ4v) is 4.19. The second-order valence-corrected chi connectivity index (χ2v) is 7.73. The smallest absolute Gasteiger partial charge is 0.240 e. The van der Waals surface area contributed by atoms with Gasteiger partial charge in [-0.2, -0.15) is 0 Å². The zero-order valence-corrected chi connectivity index (χ0v) is 14.7. The Morgan fingerprint density at radius 1 is 1.24 bits per heavy atom. The van der Waals surface area contributed by atoms with Crippen molar-refractivity contribution in [1.29, 1.82) is 0 Å². The zero-order valence-electron chi connectivity index (χ0n) is 13.9. The summed E-state index contributed by atoms with van der Waals surface area (Å²) < 4.78 is 42.3. The lowest BCUT2D eigenvalue weighted by molar-refractivity contribution is 0.183. The summed E-state index contributed by atoms with van der Waals surface area (Å²) >= 11 is 0. The first-order valence-corrected chi connectivity index (χ1v) is 9.26. The zero-order chi connectivity index (χ0) is 18.2. The van der Waals surface area contributed by atoms with E-state index >= 15 is 0 Å². The number of nitrogens with one attached hydrogen (secondary N) is 1. The van der Waals surface area contributed by atoms with Crippen LogP contribution >= 0.6 is 0 Å². The predicted octanol–water partition coefficient (Wildman–Crippen LogP) is 2.64. The highest BCUT2D eigenvalue weighted by Crippen LogP contribution is 2.26. The number of hydrogen-bond acceptors (Lipinski definition) is 3. The molecule has 0 aliphatic rings. The van der Waals surface area contributed by atoms with Crippen LogP contribution in [-0.4, -0.2) is 24.6 Å². The van der Waals surface area contributed by atoms with Crippen LogP contribution in [0, 0.1) is 12.7 Å². The molecule has 0 saturated carbocycles. The predicted molar refractivity (Wildman–Crippen MR) is 94.2 cm³/mol. The lowest BCUT2D eigenvalue weighted by atomic mass is 10.1. The quantitative estimate of drug-likeness (QED) is 0.733. The third kappa shape index (κ3) is 3.44. The molecule has 0 saturated heterocycles. The largest absolute Gasteiger partial charge is 0.387 e. The van der Waals surface area contributed by atoms with Crippen LogP contribution in [0.5, 0.6) is 0 Å². The summed E-state index contributed by atoms with van der Waals surface area (Å²) in [6.45, 7) is 1.35. The maximum absolute atomic E-state index is 13.2. The highest BCUT2D eigenvalue weighted by molar-refractivity contribution is 7.89. The second kappa shape index (κ2) is 6.59. The first-order valence-electron chi connectivity index (χ1n) is 7.77. The summed E-state index contributed by atoms with van der Waals surface area (Å²) in [5.41, 5.74) is 1.91. The molecule has 0 unspecified atom stereocenters. The monoisotopic (exact) mass is 362 g/mol. The number of hydrogen-bond donors (Lipinski definition) is 2. The summed E-state index contributed by atoms with van der Waals surface area (Å²) in [5.74, 6) is -0.493. The van der Waals surface area contributed by atoms with Crippen molar-refractivity contribution < 1.29 is 17.9 Å². The van der Waals surface area contributed by atoms with E-state index in [1.54, 1.807) is 6.20 Å². The van der Waals surface area contributed by atoms with Crippen molar-refractivity contribution in [2.24, 2.45) is 7.05 Å². The second-order valence-electron chi connectivity index (χ2n) is 5.99. The molecular formula is C18H19FN2O3S. The van der Waals surface area contributed by atoms with E-state index in [0.717, 1.165) is 23.0 Å². The van der Waals surface area contributed by atoms with Gasteiger partial charge in [0.2, 0.25) is 10.0 Å². The number of nitrogens with zero attached hydrogens (tertiary/aromatic N) is 1. The van der Waals surface area contributed by atoms with Gasteiger partial charge in [0.05, 0.1) is 11.0 Å². The number of benzene rings is 2. The Morgan fingerprint density at radius 3 is 2.68 bits per heavy atom. The van der Waals surface area contributed by atoms with Crippen LogP contribution in [0.4, 0.5) is 4.39 Å². The van der Waals surface area contributed by atoms with Crippen LogP contribution < -0.4 is 4.72 Å². The number of fused-ring (bicyclic) bond motifs is 1. The molecule has 0 bridgehead atoms. The first-order chi connectivity index (χ1) is 11.8. The van der Waals surface area contributed by atoms with Crippen molar-refractivity contribution in [2.45, 2.75) is 17.9 Å². The maximum atomic E-state index is 13.2. The normalized spacial score (nSPS) is 13.3. The van der Waals surface area contributed by atoms with Crippen LogP contribution in [0.25, 0.3) is 10.9 Å². The van der Waals surface area contributed by atoms with Crippen LogP contribution in [0.2, 0.25) is 0 Å². The van der Waals surface area contributed by atoms with Gasteiger partial charge in [0.1, 0.15) is 5.82 Å². The number of aryl methyl sites for hydroxylation is 2. The van der Waals surface area contributed by atoms with Crippen molar-refractivity contribution in [3.05, 3.63) is 65.6 Å². The summed E-state index contributed by atoms with van der Waals surface area (Å²) in [5, 5.41) is 11.3. The van der Waals surface area contributed by atoms with Crippen LogP contribution in [0.1, 0.15) is 17.2 Å². The standard InChI is InChI=1S/C18H19FN2O3S/c1-12-9-13(19)7-8-18(12)25(23,24)20-10-17(22)15-11-21(2)16-6-4-3-5-14(15)16/h3-9,11,17,20,22H,10H2,1-2H3/t17-/m1/s1. The van der Waals surface area contributed by atoms with Gasteiger partial charge in [0, 0.05) is 36.3 Å². The van der Waals surface area contributed by atoms with Gasteiger partial charge in [-0.05, 0) is 36.8 Å². The molecule has 0 spiro atoms. The van der Waals surface area contributed by atoms with Gasteiger partial charge in [-0.3, -0.25) is 0 Å². The molecule has 0 radical (unpaired) electrons. The summed E-state index contributed by atoms with van der Waals surface area (Å²) in [4.78, 5) is -0.000908. The topological polar surface area (TPSA) is 71.3 Å². The van der Waals surface area contributed by atoms with E-state index in [1.165, 1.54) is 13.0 Å². The van der Waals surface area contributed by atoms with Gasteiger partial charge in [0.15, 0.2) is 0 Å². The molecule has 0 aliphatic carbocycles. The number of aromatic nitrogens is 1. The number of para-hydroxylation sites is 1. The molecule has 0 amide bonds. The molecule has 3 aromatic rings. The van der Waals surface area contributed by atoms with Crippen molar-refractivity contribution >= 4 is 20.9 Å². The van der Waals surface area contributed by atoms with Crippen LogP contribution in [0.15, 0.2) is 53.6 Å². The Morgan fingerprint density at radius 2 is 1.96 bits per heavy atom. The molecule has 1 atom stereocenters. The number of rotatable bonds is 5. The average Bonchev–Trinajstić information content (AvgIpc) is 2.90. The molecule has 2 N–H and O–H groups in total. The van der Waals surface area contributed by atoms with Crippen LogP contribution in [-0.2, 0) is 17.1 Å². The van der Waals surface area contributed by atoms with Gasteiger partial charge >= 0.3 is 0 Å². The van der Waals surface area contributed by atoms with E-state index in [0.29, 0.717) is 11.1 Å². The average molecular weight is 362 g/mol. The molecule has 7 heteroatoms. The molecular weight excluding hydrogens is 343 g/mol. The number of aliphatic hydroxyl groups excluding tert-OH is 1. The third-order valence-electron chi connectivity index (χ3n) is 4.18. The Labute approximate surface area is 145 Å². The van der Waals surface area contributed by atoms with E-state index in [4.69, 9.17) is 0 Å². The van der Waals surface area contributed by atoms with Crippen molar-refractivity contribution in [2.75, 3.05) is 6.54 Å². The molecule has 5 nitrogen and oxygen atoms in total.